The molecule has 1 aliphatic heterocycles. The van der Waals surface area contributed by atoms with Crippen molar-refractivity contribution in [3.05, 3.63) is 51.8 Å². The van der Waals surface area contributed by atoms with Gasteiger partial charge in [-0.1, -0.05) is 23.2 Å². The molecule has 37 heavy (non-hydrogen) atoms. The van der Waals surface area contributed by atoms with Crippen LogP contribution in [0.1, 0.15) is 15.9 Å². The molecule has 0 spiro atoms. The Hall–Kier alpha value is -3.67. The van der Waals surface area contributed by atoms with Crippen molar-refractivity contribution in [1.29, 1.82) is 0 Å². The predicted molar refractivity (Wildman–Crippen MR) is 144 cm³/mol. The molecule has 3 aromatic rings. The number of ether oxygens (including phenoxy) is 2. The second kappa shape index (κ2) is 11.2. The summed E-state index contributed by atoms with van der Waals surface area (Å²) in [6, 6.07) is 4.76. The van der Waals surface area contributed by atoms with Crippen molar-refractivity contribution >= 4 is 46.7 Å². The van der Waals surface area contributed by atoms with Gasteiger partial charge in [0, 0.05) is 50.2 Å². The van der Waals surface area contributed by atoms with Gasteiger partial charge in [0.15, 0.2) is 0 Å². The van der Waals surface area contributed by atoms with Crippen molar-refractivity contribution < 1.29 is 14.3 Å². The number of amidine groups is 1. The van der Waals surface area contributed by atoms with Crippen molar-refractivity contribution in [3.8, 4) is 22.8 Å². The molecule has 4 N–H and O–H groups in total. The number of amides is 1. The van der Waals surface area contributed by atoms with Crippen LogP contribution in [0.25, 0.3) is 11.3 Å². The second-order valence-electron chi connectivity index (χ2n) is 8.28. The molecule has 1 amide bonds. The Morgan fingerprint density at radius 2 is 1.62 bits per heavy atom. The molecule has 13 heteroatoms. The van der Waals surface area contributed by atoms with E-state index in [1.807, 2.05) is 0 Å². The standard InChI is InChI=1S/C24H26Cl2N8O3/c1-33-6-8-34(9-7-33)24-29-11-13(12-30-24)23(35)32-22(28)14-4-5-15(31-21(14)27)18-19(25)16(36-2)10-17(37-3)20(18)26/h4-5,10-12H,6-9H2,1-3H3,(H2,27,31)(H2,28,32,35). The molecule has 1 saturated heterocycles. The first kappa shape index (κ1) is 26.4. The van der Waals surface area contributed by atoms with E-state index in [2.05, 4.69) is 36.8 Å². The molecule has 3 heterocycles. The van der Waals surface area contributed by atoms with Crippen LogP contribution in [0.15, 0.2) is 35.6 Å². The van der Waals surface area contributed by atoms with Crippen molar-refractivity contribution in [3.63, 3.8) is 0 Å². The van der Waals surface area contributed by atoms with Gasteiger partial charge in [0.25, 0.3) is 5.91 Å². The van der Waals surface area contributed by atoms with Crippen LogP contribution in [0.3, 0.4) is 0 Å². The molecule has 0 unspecified atom stereocenters. The number of methoxy groups -OCH3 is 2. The number of carbonyl (C=O) groups is 1. The van der Waals surface area contributed by atoms with Crippen LogP contribution in [-0.2, 0) is 0 Å². The van der Waals surface area contributed by atoms with E-state index in [-0.39, 0.29) is 32.8 Å². The maximum absolute atomic E-state index is 12.7. The second-order valence-corrected chi connectivity index (χ2v) is 9.03. The Kier molecular flexibility index (Phi) is 7.96. The quantitative estimate of drug-likeness (QED) is 0.350. The number of benzene rings is 1. The van der Waals surface area contributed by atoms with Crippen LogP contribution < -0.4 is 25.8 Å². The monoisotopic (exact) mass is 544 g/mol. The van der Waals surface area contributed by atoms with Crippen LogP contribution in [-0.4, -0.2) is 79.0 Å². The van der Waals surface area contributed by atoms with Gasteiger partial charge >= 0.3 is 0 Å². The zero-order chi connectivity index (χ0) is 26.7. The van der Waals surface area contributed by atoms with Crippen LogP contribution in [0.5, 0.6) is 11.5 Å². The zero-order valence-corrected chi connectivity index (χ0v) is 22.0. The molecule has 1 aromatic carbocycles. The number of halogens is 2. The first-order valence-corrected chi connectivity index (χ1v) is 12.0. The van der Waals surface area contributed by atoms with Crippen molar-refractivity contribution in [2.45, 2.75) is 0 Å². The van der Waals surface area contributed by atoms with Crippen molar-refractivity contribution in [2.75, 3.05) is 58.1 Å². The Morgan fingerprint density at radius 1 is 1.03 bits per heavy atom. The van der Waals surface area contributed by atoms with Crippen LogP contribution in [0.2, 0.25) is 10.0 Å². The number of aromatic nitrogens is 3. The van der Waals surface area contributed by atoms with E-state index in [9.17, 15) is 4.79 Å². The summed E-state index contributed by atoms with van der Waals surface area (Å²) in [5.74, 6) is 0.601. The van der Waals surface area contributed by atoms with Gasteiger partial charge in [-0.15, -0.1) is 0 Å². The van der Waals surface area contributed by atoms with E-state index in [4.69, 9.17) is 44.1 Å². The SMILES string of the molecule is COc1cc(OC)c(Cl)c(-c2ccc(C(N)=NC(=O)c3cnc(N4CCN(C)CC4)nc3)c(N)n2)c1Cl. The average Bonchev–Trinajstić information content (AvgIpc) is 2.89. The summed E-state index contributed by atoms with van der Waals surface area (Å²) in [6.07, 6.45) is 2.87. The molecule has 0 atom stereocenters. The number of hydrogen-bond acceptors (Lipinski definition) is 9. The fraction of sp³-hybridized carbons (Fsp3) is 0.292. The maximum Gasteiger partial charge on any atom is 0.282 e. The highest BCUT2D eigenvalue weighted by Crippen LogP contribution is 2.45. The molecule has 0 aliphatic carbocycles. The summed E-state index contributed by atoms with van der Waals surface area (Å²) in [4.78, 5) is 34.0. The topological polar surface area (TPSA) is 145 Å². The smallest absolute Gasteiger partial charge is 0.282 e. The molecule has 0 saturated carbocycles. The molecule has 1 aliphatic rings. The van der Waals surface area contributed by atoms with Gasteiger partial charge in [-0.05, 0) is 19.2 Å². The summed E-state index contributed by atoms with van der Waals surface area (Å²) in [6.45, 7) is 3.47. The number of rotatable bonds is 6. The van der Waals surface area contributed by atoms with Gasteiger partial charge in [0.2, 0.25) is 5.95 Å². The number of nitrogens with zero attached hydrogens (tertiary/aromatic N) is 6. The highest BCUT2D eigenvalue weighted by molar-refractivity contribution is 6.41. The Morgan fingerprint density at radius 3 is 2.16 bits per heavy atom. The molecule has 1 fully saturated rings. The molecular formula is C24H26Cl2N8O3. The van der Waals surface area contributed by atoms with Crippen molar-refractivity contribution in [1.82, 2.24) is 19.9 Å². The number of aliphatic imine (C=N–C) groups is 1. The first-order chi connectivity index (χ1) is 17.7. The maximum atomic E-state index is 12.7. The number of nitrogen functional groups attached to an aromatic ring is 1. The average molecular weight is 545 g/mol. The van der Waals surface area contributed by atoms with Gasteiger partial charge in [-0.25, -0.2) is 15.0 Å². The summed E-state index contributed by atoms with van der Waals surface area (Å²) in [5, 5.41) is 0.481. The zero-order valence-electron chi connectivity index (χ0n) is 20.5. The highest BCUT2D eigenvalue weighted by Gasteiger charge is 2.21. The van der Waals surface area contributed by atoms with E-state index in [0.717, 1.165) is 26.2 Å². The molecule has 4 rings (SSSR count). The Labute approximate surface area is 224 Å². The molecule has 194 valence electrons. The molecular weight excluding hydrogens is 519 g/mol. The fourth-order valence-electron chi connectivity index (χ4n) is 3.78. The number of hydrogen-bond donors (Lipinski definition) is 2. The molecule has 0 bridgehead atoms. The molecule has 0 radical (unpaired) electrons. The third-order valence-corrected chi connectivity index (χ3v) is 6.67. The third-order valence-electron chi connectivity index (χ3n) is 5.92. The van der Waals surface area contributed by atoms with E-state index in [0.29, 0.717) is 28.7 Å². The number of piperazine rings is 1. The number of pyridine rings is 1. The largest absolute Gasteiger partial charge is 0.495 e. The van der Waals surface area contributed by atoms with Crippen molar-refractivity contribution in [2.24, 2.45) is 10.7 Å². The Balaban J connectivity index is 1.57. The minimum absolute atomic E-state index is 0.0298. The van der Waals surface area contributed by atoms with E-state index < -0.39 is 5.91 Å². The lowest BCUT2D eigenvalue weighted by atomic mass is 10.1. The summed E-state index contributed by atoms with van der Waals surface area (Å²) in [7, 11) is 5.02. The lowest BCUT2D eigenvalue weighted by Crippen LogP contribution is -2.45. The molecule has 11 nitrogen and oxygen atoms in total. The summed E-state index contributed by atoms with van der Waals surface area (Å²) >= 11 is 13.0. The highest BCUT2D eigenvalue weighted by atomic mass is 35.5. The van der Waals surface area contributed by atoms with Gasteiger partial charge in [0.05, 0.1) is 41.1 Å². The number of carbonyl (C=O) groups excluding carboxylic acids is 1. The van der Waals surface area contributed by atoms with E-state index >= 15 is 0 Å². The minimum atomic E-state index is -0.602. The van der Waals surface area contributed by atoms with Gasteiger partial charge in [-0.3, -0.25) is 4.79 Å². The lowest BCUT2D eigenvalue weighted by molar-refractivity contribution is 0.100. The van der Waals surface area contributed by atoms with Gasteiger partial charge in [-0.2, -0.15) is 4.99 Å². The lowest BCUT2D eigenvalue weighted by Gasteiger charge is -2.32. The number of anilines is 2. The Bertz CT molecular complexity index is 1310. The summed E-state index contributed by atoms with van der Waals surface area (Å²) < 4.78 is 10.6. The number of likely N-dealkylation sites (N-methyl/N-ethyl adjacent to an activating group) is 1. The van der Waals surface area contributed by atoms with E-state index in [1.54, 1.807) is 18.2 Å². The van der Waals surface area contributed by atoms with Crippen LogP contribution in [0, 0.1) is 0 Å². The van der Waals surface area contributed by atoms with Gasteiger partial charge in [0.1, 0.15) is 23.2 Å². The first-order valence-electron chi connectivity index (χ1n) is 11.2. The number of nitrogens with two attached hydrogens (primary N) is 2. The predicted octanol–water partition coefficient (Wildman–Crippen LogP) is 2.74. The fourth-order valence-corrected chi connectivity index (χ4v) is 4.47. The van der Waals surface area contributed by atoms with Crippen LogP contribution in [0.4, 0.5) is 11.8 Å². The normalized spacial score (nSPS) is 14.5. The van der Waals surface area contributed by atoms with Gasteiger partial charge < -0.3 is 30.7 Å². The minimum Gasteiger partial charge on any atom is -0.495 e. The van der Waals surface area contributed by atoms with E-state index in [1.165, 1.54) is 26.6 Å². The third kappa shape index (κ3) is 5.53. The molecule has 2 aromatic heterocycles. The summed E-state index contributed by atoms with van der Waals surface area (Å²) in [5.41, 5.74) is 13.5. The van der Waals surface area contributed by atoms with Crippen LogP contribution >= 0.6 is 23.2 Å².